The maximum Gasteiger partial charge on any atom is 0.317 e. The van der Waals surface area contributed by atoms with Gasteiger partial charge >= 0.3 is 6.03 Å². The third-order valence-electron chi connectivity index (χ3n) is 3.97. The smallest absolute Gasteiger partial charge is 0.317 e. The molecule has 1 aromatic carbocycles. The number of hydrogen-bond donors (Lipinski definition) is 1. The summed E-state index contributed by atoms with van der Waals surface area (Å²) in [6, 6.07) is 5.51. The standard InChI is InChI=1S/C17H21N3O4/c1-11-14(12(2)24-19-11)10-20(3)17(21)18-9-13-4-5-15-16(8-13)23-7-6-22-15/h4-5,8H,6-7,9-10H2,1-3H3,(H,18,21). The molecule has 2 aromatic rings. The van der Waals surface area contributed by atoms with Gasteiger partial charge in [0.1, 0.15) is 19.0 Å². The molecule has 2 amide bonds. The number of carbonyl (C=O) groups excluding carboxylic acids is 1. The van der Waals surface area contributed by atoms with Gasteiger partial charge in [-0.15, -0.1) is 0 Å². The molecule has 0 spiro atoms. The molecule has 128 valence electrons. The van der Waals surface area contributed by atoms with E-state index in [-0.39, 0.29) is 6.03 Å². The van der Waals surface area contributed by atoms with Gasteiger partial charge in [-0.2, -0.15) is 0 Å². The minimum Gasteiger partial charge on any atom is -0.486 e. The van der Waals surface area contributed by atoms with Gasteiger partial charge in [0.25, 0.3) is 0 Å². The molecule has 0 saturated heterocycles. The summed E-state index contributed by atoms with van der Waals surface area (Å²) < 4.78 is 16.2. The first-order valence-electron chi connectivity index (χ1n) is 7.84. The number of carbonyl (C=O) groups is 1. The third-order valence-corrected chi connectivity index (χ3v) is 3.97. The summed E-state index contributed by atoms with van der Waals surface area (Å²) >= 11 is 0. The highest BCUT2D eigenvalue weighted by Gasteiger charge is 2.16. The van der Waals surface area contributed by atoms with Gasteiger partial charge < -0.3 is 24.2 Å². The van der Waals surface area contributed by atoms with Gasteiger partial charge in [0.15, 0.2) is 11.5 Å². The van der Waals surface area contributed by atoms with Gasteiger partial charge in [-0.05, 0) is 31.5 Å². The number of ether oxygens (including phenoxy) is 2. The molecule has 0 radical (unpaired) electrons. The second-order valence-electron chi connectivity index (χ2n) is 5.80. The van der Waals surface area contributed by atoms with E-state index in [1.807, 2.05) is 32.0 Å². The van der Waals surface area contributed by atoms with Crippen LogP contribution in [0.4, 0.5) is 4.79 Å². The van der Waals surface area contributed by atoms with E-state index in [4.69, 9.17) is 14.0 Å². The summed E-state index contributed by atoms with van der Waals surface area (Å²) in [5.74, 6) is 2.20. The number of urea groups is 1. The van der Waals surface area contributed by atoms with Gasteiger partial charge in [-0.1, -0.05) is 11.2 Å². The van der Waals surface area contributed by atoms with Gasteiger partial charge in [0, 0.05) is 19.2 Å². The largest absolute Gasteiger partial charge is 0.486 e. The summed E-state index contributed by atoms with van der Waals surface area (Å²) in [7, 11) is 1.74. The molecule has 0 saturated carbocycles. The lowest BCUT2D eigenvalue weighted by Crippen LogP contribution is -2.36. The molecule has 0 bridgehead atoms. The Morgan fingerprint density at radius 3 is 2.71 bits per heavy atom. The zero-order valence-electron chi connectivity index (χ0n) is 14.1. The normalized spacial score (nSPS) is 12.8. The monoisotopic (exact) mass is 331 g/mol. The average Bonchev–Trinajstić information content (AvgIpc) is 2.91. The first kappa shape index (κ1) is 16.2. The maximum atomic E-state index is 12.3. The van der Waals surface area contributed by atoms with Crippen LogP contribution in [0.25, 0.3) is 0 Å². The summed E-state index contributed by atoms with van der Waals surface area (Å²) in [6.07, 6.45) is 0. The SMILES string of the molecule is Cc1noc(C)c1CN(C)C(=O)NCc1ccc2c(c1)OCCO2. The van der Waals surface area contributed by atoms with Gasteiger partial charge in [-0.25, -0.2) is 4.79 Å². The zero-order valence-corrected chi connectivity index (χ0v) is 14.1. The van der Waals surface area contributed by atoms with E-state index in [2.05, 4.69) is 10.5 Å². The molecule has 0 unspecified atom stereocenters. The van der Waals surface area contributed by atoms with E-state index in [0.29, 0.717) is 26.3 Å². The van der Waals surface area contributed by atoms with Crippen LogP contribution in [0.3, 0.4) is 0 Å². The molecule has 7 heteroatoms. The van der Waals surface area contributed by atoms with Crippen LogP contribution in [0.5, 0.6) is 11.5 Å². The van der Waals surface area contributed by atoms with Crippen molar-refractivity contribution in [3.8, 4) is 11.5 Å². The second kappa shape index (κ2) is 6.82. The molecule has 1 aliphatic heterocycles. The van der Waals surface area contributed by atoms with Crippen molar-refractivity contribution in [1.29, 1.82) is 0 Å². The number of nitrogens with one attached hydrogen (secondary N) is 1. The Hall–Kier alpha value is -2.70. The van der Waals surface area contributed by atoms with E-state index in [1.54, 1.807) is 11.9 Å². The van der Waals surface area contributed by atoms with Crippen LogP contribution in [0, 0.1) is 13.8 Å². The lowest BCUT2D eigenvalue weighted by Gasteiger charge is -2.20. The Bertz CT molecular complexity index is 722. The second-order valence-corrected chi connectivity index (χ2v) is 5.80. The van der Waals surface area contributed by atoms with E-state index in [9.17, 15) is 4.79 Å². The molecule has 1 aromatic heterocycles. The van der Waals surface area contributed by atoms with E-state index in [0.717, 1.165) is 34.1 Å². The predicted molar refractivity (Wildman–Crippen MR) is 87.1 cm³/mol. The minimum absolute atomic E-state index is 0.162. The van der Waals surface area contributed by atoms with Crippen molar-refractivity contribution in [3.05, 3.63) is 40.8 Å². The Balaban J connectivity index is 1.57. The molecule has 0 aliphatic carbocycles. The van der Waals surface area contributed by atoms with E-state index in [1.165, 1.54) is 0 Å². The topological polar surface area (TPSA) is 76.8 Å². The van der Waals surface area contributed by atoms with Crippen molar-refractivity contribution in [2.45, 2.75) is 26.9 Å². The molecule has 1 N–H and O–H groups in total. The van der Waals surface area contributed by atoms with Crippen LogP contribution in [0.1, 0.15) is 22.6 Å². The average molecular weight is 331 g/mol. The van der Waals surface area contributed by atoms with Crippen LogP contribution in [0.2, 0.25) is 0 Å². The lowest BCUT2D eigenvalue weighted by molar-refractivity contribution is 0.171. The molecular formula is C17H21N3O4. The van der Waals surface area contributed by atoms with Gasteiger partial charge in [0.05, 0.1) is 12.2 Å². The van der Waals surface area contributed by atoms with Crippen molar-refractivity contribution in [2.75, 3.05) is 20.3 Å². The number of hydrogen-bond acceptors (Lipinski definition) is 5. The van der Waals surface area contributed by atoms with Crippen LogP contribution in [-0.4, -0.2) is 36.3 Å². The highest BCUT2D eigenvalue weighted by atomic mass is 16.6. The first-order valence-corrected chi connectivity index (χ1v) is 7.84. The molecule has 2 heterocycles. The van der Waals surface area contributed by atoms with Crippen molar-refractivity contribution in [1.82, 2.24) is 15.4 Å². The van der Waals surface area contributed by atoms with Gasteiger partial charge in [0.2, 0.25) is 0 Å². The highest BCUT2D eigenvalue weighted by molar-refractivity contribution is 5.74. The lowest BCUT2D eigenvalue weighted by atomic mass is 10.2. The van der Waals surface area contributed by atoms with Gasteiger partial charge in [-0.3, -0.25) is 0 Å². The summed E-state index contributed by atoms with van der Waals surface area (Å²) in [6.45, 7) is 5.69. The van der Waals surface area contributed by atoms with E-state index >= 15 is 0 Å². The fourth-order valence-electron chi connectivity index (χ4n) is 2.55. The predicted octanol–water partition coefficient (Wildman–Crippen LogP) is 2.40. The molecule has 24 heavy (non-hydrogen) atoms. The van der Waals surface area contributed by atoms with Crippen molar-refractivity contribution < 1.29 is 18.8 Å². The maximum absolute atomic E-state index is 12.3. The quantitative estimate of drug-likeness (QED) is 0.931. The molecular weight excluding hydrogens is 310 g/mol. The van der Waals surface area contributed by atoms with Crippen LogP contribution in [-0.2, 0) is 13.1 Å². The molecule has 1 aliphatic rings. The Morgan fingerprint density at radius 1 is 1.25 bits per heavy atom. The number of amides is 2. The summed E-state index contributed by atoms with van der Waals surface area (Å²) in [5.41, 5.74) is 2.70. The minimum atomic E-state index is -0.162. The molecule has 3 rings (SSSR count). The summed E-state index contributed by atoms with van der Waals surface area (Å²) in [5, 5.41) is 6.80. The van der Waals surface area contributed by atoms with Crippen LogP contribution < -0.4 is 14.8 Å². The number of benzene rings is 1. The number of aromatic nitrogens is 1. The Morgan fingerprint density at radius 2 is 2.00 bits per heavy atom. The molecule has 7 nitrogen and oxygen atoms in total. The number of fused-ring (bicyclic) bond motifs is 1. The molecule has 0 fully saturated rings. The van der Waals surface area contributed by atoms with E-state index < -0.39 is 0 Å². The Kier molecular flexibility index (Phi) is 4.59. The number of aryl methyl sites for hydroxylation is 2. The number of rotatable bonds is 4. The molecule has 0 atom stereocenters. The van der Waals surface area contributed by atoms with Crippen molar-refractivity contribution in [2.24, 2.45) is 0 Å². The van der Waals surface area contributed by atoms with Crippen LogP contribution in [0.15, 0.2) is 22.7 Å². The first-order chi connectivity index (χ1) is 11.5. The number of nitrogens with zero attached hydrogens (tertiary/aromatic N) is 2. The Labute approximate surface area is 140 Å². The van der Waals surface area contributed by atoms with Crippen LogP contribution >= 0.6 is 0 Å². The van der Waals surface area contributed by atoms with Crippen molar-refractivity contribution in [3.63, 3.8) is 0 Å². The third kappa shape index (κ3) is 3.45. The fourth-order valence-corrected chi connectivity index (χ4v) is 2.55. The highest BCUT2D eigenvalue weighted by Crippen LogP contribution is 2.30. The summed E-state index contributed by atoms with van der Waals surface area (Å²) in [4.78, 5) is 13.9. The van der Waals surface area contributed by atoms with Crippen molar-refractivity contribution >= 4 is 6.03 Å². The zero-order chi connectivity index (χ0) is 17.1. The fraction of sp³-hybridized carbons (Fsp3) is 0.412.